The second-order valence-electron chi connectivity index (χ2n) is 4.49. The van der Waals surface area contributed by atoms with Gasteiger partial charge < -0.3 is 5.73 Å². The van der Waals surface area contributed by atoms with Crippen molar-refractivity contribution in [3.63, 3.8) is 0 Å². The minimum absolute atomic E-state index is 0.0615. The maximum atomic E-state index is 6.27. The van der Waals surface area contributed by atoms with Crippen LogP contribution in [0.2, 0.25) is 0 Å². The maximum Gasteiger partial charge on any atom is 0.0523 e. The van der Waals surface area contributed by atoms with Gasteiger partial charge in [0.25, 0.3) is 0 Å². The molecule has 2 aromatic rings. The van der Waals surface area contributed by atoms with Gasteiger partial charge in [0.05, 0.1) is 6.04 Å². The standard InChI is InChI=1S/C16H15N/c17-16-14(10-12-6-2-1-3-7-12)11-13-8-4-5-9-15(13)16/h1-9,11,16H,10,17H2. The highest BCUT2D eigenvalue weighted by Gasteiger charge is 2.20. The first-order valence-electron chi connectivity index (χ1n) is 5.93. The van der Waals surface area contributed by atoms with Crippen molar-refractivity contribution in [1.29, 1.82) is 0 Å². The Morgan fingerprint density at radius 3 is 2.35 bits per heavy atom. The smallest absolute Gasteiger partial charge is 0.0523 e. The van der Waals surface area contributed by atoms with E-state index < -0.39 is 0 Å². The van der Waals surface area contributed by atoms with Crippen molar-refractivity contribution < 1.29 is 0 Å². The summed E-state index contributed by atoms with van der Waals surface area (Å²) in [5.41, 5.74) is 11.4. The van der Waals surface area contributed by atoms with Crippen molar-refractivity contribution in [3.05, 3.63) is 76.9 Å². The zero-order valence-corrected chi connectivity index (χ0v) is 9.64. The first-order valence-corrected chi connectivity index (χ1v) is 5.93. The van der Waals surface area contributed by atoms with Gasteiger partial charge in [-0.3, -0.25) is 0 Å². The van der Waals surface area contributed by atoms with E-state index >= 15 is 0 Å². The first-order chi connectivity index (χ1) is 8.34. The molecule has 2 aromatic carbocycles. The van der Waals surface area contributed by atoms with Crippen LogP contribution in [0.4, 0.5) is 0 Å². The van der Waals surface area contributed by atoms with Gasteiger partial charge in [-0.2, -0.15) is 0 Å². The molecule has 0 saturated carbocycles. The Kier molecular flexibility index (Phi) is 2.54. The average molecular weight is 221 g/mol. The fourth-order valence-corrected chi connectivity index (χ4v) is 2.41. The Morgan fingerprint density at radius 2 is 1.59 bits per heavy atom. The van der Waals surface area contributed by atoms with Crippen LogP contribution in [0.3, 0.4) is 0 Å². The summed E-state index contributed by atoms with van der Waals surface area (Å²) in [6.07, 6.45) is 3.17. The Balaban J connectivity index is 1.88. The molecule has 1 aliphatic carbocycles. The maximum absolute atomic E-state index is 6.27. The van der Waals surface area contributed by atoms with Gasteiger partial charge in [0.1, 0.15) is 0 Å². The van der Waals surface area contributed by atoms with E-state index in [4.69, 9.17) is 5.73 Å². The molecule has 0 saturated heterocycles. The van der Waals surface area contributed by atoms with E-state index in [2.05, 4.69) is 54.6 Å². The molecule has 1 nitrogen and oxygen atoms in total. The largest absolute Gasteiger partial charge is 0.321 e. The highest BCUT2D eigenvalue weighted by atomic mass is 14.7. The van der Waals surface area contributed by atoms with Crippen LogP contribution < -0.4 is 5.73 Å². The Labute approximate surface area is 102 Å². The van der Waals surface area contributed by atoms with Crippen LogP contribution in [-0.4, -0.2) is 0 Å². The highest BCUT2D eigenvalue weighted by Crippen LogP contribution is 2.33. The lowest BCUT2D eigenvalue weighted by atomic mass is 9.99. The van der Waals surface area contributed by atoms with Gasteiger partial charge in [-0.25, -0.2) is 0 Å². The molecule has 0 aromatic heterocycles. The molecule has 0 bridgehead atoms. The van der Waals surface area contributed by atoms with E-state index in [9.17, 15) is 0 Å². The molecule has 0 heterocycles. The van der Waals surface area contributed by atoms with E-state index in [1.54, 1.807) is 0 Å². The summed E-state index contributed by atoms with van der Waals surface area (Å²) in [6, 6.07) is 18.9. The van der Waals surface area contributed by atoms with Crippen molar-refractivity contribution in [3.8, 4) is 0 Å². The second-order valence-corrected chi connectivity index (χ2v) is 4.49. The van der Waals surface area contributed by atoms with Gasteiger partial charge in [0.2, 0.25) is 0 Å². The van der Waals surface area contributed by atoms with E-state index in [0.29, 0.717) is 0 Å². The molecule has 0 aliphatic heterocycles. The van der Waals surface area contributed by atoms with Crippen LogP contribution in [0.15, 0.2) is 60.2 Å². The fraction of sp³-hybridized carbons (Fsp3) is 0.125. The predicted molar refractivity (Wildman–Crippen MR) is 71.5 cm³/mol. The molecule has 0 amide bonds. The quantitative estimate of drug-likeness (QED) is 0.827. The first kappa shape index (κ1) is 10.3. The minimum atomic E-state index is 0.0615. The number of nitrogens with two attached hydrogens (primary N) is 1. The number of fused-ring (bicyclic) bond motifs is 1. The lowest BCUT2D eigenvalue weighted by Gasteiger charge is -2.11. The third-order valence-electron chi connectivity index (χ3n) is 3.32. The van der Waals surface area contributed by atoms with E-state index in [1.165, 1.54) is 22.3 Å². The molecule has 1 heteroatoms. The lowest BCUT2D eigenvalue weighted by molar-refractivity contribution is 0.836. The minimum Gasteiger partial charge on any atom is -0.321 e. The molecule has 0 spiro atoms. The van der Waals surface area contributed by atoms with Gasteiger partial charge in [-0.15, -0.1) is 0 Å². The molecule has 1 aliphatic rings. The van der Waals surface area contributed by atoms with Crippen molar-refractivity contribution in [2.45, 2.75) is 12.5 Å². The molecular formula is C16H15N. The van der Waals surface area contributed by atoms with E-state index in [1.807, 2.05) is 6.07 Å². The van der Waals surface area contributed by atoms with Gasteiger partial charge in [-0.05, 0) is 28.7 Å². The molecule has 1 unspecified atom stereocenters. The van der Waals surface area contributed by atoms with Crippen LogP contribution in [-0.2, 0) is 6.42 Å². The Bertz CT molecular complexity index is 555. The summed E-state index contributed by atoms with van der Waals surface area (Å²) in [6.45, 7) is 0. The van der Waals surface area contributed by atoms with Crippen LogP contribution in [0, 0.1) is 0 Å². The Morgan fingerprint density at radius 1 is 0.882 bits per heavy atom. The third kappa shape index (κ3) is 1.90. The van der Waals surface area contributed by atoms with Crippen molar-refractivity contribution in [1.82, 2.24) is 0 Å². The van der Waals surface area contributed by atoms with Gasteiger partial charge in [0, 0.05) is 0 Å². The lowest BCUT2D eigenvalue weighted by Crippen LogP contribution is -2.11. The number of hydrogen-bond acceptors (Lipinski definition) is 1. The molecule has 0 radical (unpaired) electrons. The van der Waals surface area contributed by atoms with E-state index in [-0.39, 0.29) is 6.04 Å². The second kappa shape index (κ2) is 4.19. The van der Waals surface area contributed by atoms with Gasteiger partial charge in [-0.1, -0.05) is 60.7 Å². The van der Waals surface area contributed by atoms with Crippen molar-refractivity contribution in [2.75, 3.05) is 0 Å². The summed E-state index contributed by atoms with van der Waals surface area (Å²) < 4.78 is 0. The molecular weight excluding hydrogens is 206 g/mol. The molecule has 3 rings (SSSR count). The van der Waals surface area contributed by atoms with Crippen LogP contribution in [0.5, 0.6) is 0 Å². The monoisotopic (exact) mass is 221 g/mol. The summed E-state index contributed by atoms with van der Waals surface area (Å²) in [7, 11) is 0. The molecule has 17 heavy (non-hydrogen) atoms. The van der Waals surface area contributed by atoms with Crippen LogP contribution in [0.25, 0.3) is 6.08 Å². The molecule has 0 fully saturated rings. The van der Waals surface area contributed by atoms with Gasteiger partial charge in [0.15, 0.2) is 0 Å². The van der Waals surface area contributed by atoms with Crippen LogP contribution in [0.1, 0.15) is 22.7 Å². The van der Waals surface area contributed by atoms with E-state index in [0.717, 1.165) is 6.42 Å². The van der Waals surface area contributed by atoms with Crippen molar-refractivity contribution >= 4 is 6.08 Å². The SMILES string of the molecule is NC1C(Cc2ccccc2)=Cc2ccccc21. The zero-order chi connectivity index (χ0) is 11.7. The summed E-state index contributed by atoms with van der Waals surface area (Å²) >= 11 is 0. The zero-order valence-electron chi connectivity index (χ0n) is 9.64. The molecule has 1 atom stereocenters. The summed E-state index contributed by atoms with van der Waals surface area (Å²) in [5, 5.41) is 0. The van der Waals surface area contributed by atoms with Crippen LogP contribution >= 0.6 is 0 Å². The summed E-state index contributed by atoms with van der Waals surface area (Å²) in [4.78, 5) is 0. The highest BCUT2D eigenvalue weighted by molar-refractivity contribution is 5.66. The Hall–Kier alpha value is -1.86. The number of rotatable bonds is 2. The topological polar surface area (TPSA) is 26.0 Å². The predicted octanol–water partition coefficient (Wildman–Crippen LogP) is 3.33. The molecule has 2 N–H and O–H groups in total. The number of hydrogen-bond donors (Lipinski definition) is 1. The summed E-state index contributed by atoms with van der Waals surface area (Å²) in [5.74, 6) is 0. The average Bonchev–Trinajstić information content (AvgIpc) is 2.68. The van der Waals surface area contributed by atoms with Crippen molar-refractivity contribution in [2.24, 2.45) is 5.73 Å². The normalized spacial score (nSPS) is 17.7. The van der Waals surface area contributed by atoms with Gasteiger partial charge >= 0.3 is 0 Å². The molecule has 84 valence electrons. The number of benzene rings is 2. The third-order valence-corrected chi connectivity index (χ3v) is 3.32. The fourth-order valence-electron chi connectivity index (χ4n) is 2.41.